The molecule has 0 spiro atoms. The average molecular weight is 372 g/mol. The van der Waals surface area contributed by atoms with E-state index in [-0.39, 0.29) is 0 Å². The first-order chi connectivity index (χ1) is 7.69. The van der Waals surface area contributed by atoms with Crippen LogP contribution in [0.3, 0.4) is 0 Å². The molecule has 0 aliphatic rings. The summed E-state index contributed by atoms with van der Waals surface area (Å²) in [4.78, 5) is 0. The van der Waals surface area contributed by atoms with E-state index < -0.39 is 0 Å². The third kappa shape index (κ3) is 4.15. The van der Waals surface area contributed by atoms with Crippen molar-refractivity contribution in [3.63, 3.8) is 0 Å². The summed E-state index contributed by atoms with van der Waals surface area (Å²) in [5, 5.41) is 0. The van der Waals surface area contributed by atoms with Crippen LogP contribution >= 0.6 is 43.5 Å². The monoisotopic (exact) mass is 370 g/mol. The van der Waals surface area contributed by atoms with Crippen molar-refractivity contribution in [3.8, 4) is 11.5 Å². The molecular weight excluding hydrogens is 359 g/mol. The van der Waals surface area contributed by atoms with Crippen LogP contribution in [0, 0.1) is 0 Å². The summed E-state index contributed by atoms with van der Waals surface area (Å²) < 4.78 is 12.8. The smallest absolute Gasteiger partial charge is 0.134 e. The van der Waals surface area contributed by atoms with E-state index in [9.17, 15) is 0 Å². The summed E-state index contributed by atoms with van der Waals surface area (Å²) in [6.45, 7) is 3.26. The van der Waals surface area contributed by atoms with Gasteiger partial charge in [0.15, 0.2) is 0 Å². The van der Waals surface area contributed by atoms with Crippen LogP contribution in [0.25, 0.3) is 0 Å². The SMILES string of the molecule is CCCOc1cc(Br)c(OCCCl)cc1Br. The van der Waals surface area contributed by atoms with Crippen molar-refractivity contribution in [2.24, 2.45) is 0 Å². The second-order valence-corrected chi connectivity index (χ2v) is 5.19. The van der Waals surface area contributed by atoms with Crippen molar-refractivity contribution in [2.45, 2.75) is 13.3 Å². The van der Waals surface area contributed by atoms with Crippen molar-refractivity contribution in [1.29, 1.82) is 0 Å². The normalized spacial score (nSPS) is 10.2. The van der Waals surface area contributed by atoms with Crippen LogP contribution < -0.4 is 9.47 Å². The zero-order valence-electron chi connectivity index (χ0n) is 8.93. The van der Waals surface area contributed by atoms with Gasteiger partial charge in [0.25, 0.3) is 0 Å². The predicted molar refractivity (Wildman–Crippen MR) is 73.8 cm³/mol. The quantitative estimate of drug-likeness (QED) is 0.679. The molecule has 0 heterocycles. The first-order valence-corrected chi connectivity index (χ1v) is 7.11. The first-order valence-electron chi connectivity index (χ1n) is 4.99. The topological polar surface area (TPSA) is 18.5 Å². The molecule has 1 aromatic carbocycles. The molecule has 0 atom stereocenters. The average Bonchev–Trinajstić information content (AvgIpc) is 2.28. The minimum atomic E-state index is 0.470. The maximum Gasteiger partial charge on any atom is 0.134 e. The van der Waals surface area contributed by atoms with E-state index in [0.29, 0.717) is 19.1 Å². The van der Waals surface area contributed by atoms with Crippen LogP contribution in [0.5, 0.6) is 11.5 Å². The standard InChI is InChI=1S/C11H13Br2ClO2/c1-2-4-15-10-6-9(13)11(7-8(10)12)16-5-3-14/h6-7H,2-5H2,1H3. The minimum absolute atomic E-state index is 0.470. The molecule has 0 aliphatic carbocycles. The third-order valence-corrected chi connectivity index (χ3v) is 3.18. The maximum absolute atomic E-state index is 5.57. The molecule has 1 aromatic rings. The van der Waals surface area contributed by atoms with E-state index >= 15 is 0 Å². The molecule has 0 N–H and O–H groups in total. The number of ether oxygens (including phenoxy) is 2. The van der Waals surface area contributed by atoms with Gasteiger partial charge in [0.1, 0.15) is 18.1 Å². The molecule has 5 heteroatoms. The fraction of sp³-hybridized carbons (Fsp3) is 0.455. The molecule has 0 unspecified atom stereocenters. The van der Waals surface area contributed by atoms with Crippen LogP contribution in [0.4, 0.5) is 0 Å². The second-order valence-electron chi connectivity index (χ2n) is 3.10. The number of alkyl halides is 1. The lowest BCUT2D eigenvalue weighted by atomic mass is 10.3. The largest absolute Gasteiger partial charge is 0.492 e. The van der Waals surface area contributed by atoms with Gasteiger partial charge in [-0.05, 0) is 50.4 Å². The molecule has 0 saturated heterocycles. The highest BCUT2D eigenvalue weighted by Gasteiger charge is 2.08. The molecule has 16 heavy (non-hydrogen) atoms. The molecule has 0 aliphatic heterocycles. The van der Waals surface area contributed by atoms with Gasteiger partial charge in [-0.1, -0.05) is 6.92 Å². The molecule has 0 amide bonds. The maximum atomic E-state index is 5.57. The van der Waals surface area contributed by atoms with Crippen molar-refractivity contribution < 1.29 is 9.47 Å². The highest BCUT2D eigenvalue weighted by Crippen LogP contribution is 2.36. The highest BCUT2D eigenvalue weighted by atomic mass is 79.9. The molecule has 0 bridgehead atoms. The second kappa shape index (κ2) is 7.41. The van der Waals surface area contributed by atoms with Gasteiger partial charge in [-0.15, -0.1) is 11.6 Å². The number of hydrogen-bond acceptors (Lipinski definition) is 2. The Hall–Kier alpha value is 0.0700. The van der Waals surface area contributed by atoms with E-state index in [0.717, 1.165) is 26.9 Å². The summed E-state index contributed by atoms with van der Waals surface area (Å²) >= 11 is 12.4. The molecule has 2 nitrogen and oxygen atoms in total. The Morgan fingerprint density at radius 3 is 2.00 bits per heavy atom. The van der Waals surface area contributed by atoms with Gasteiger partial charge >= 0.3 is 0 Å². The summed E-state index contributed by atoms with van der Waals surface area (Å²) in [5.74, 6) is 2.04. The summed E-state index contributed by atoms with van der Waals surface area (Å²) in [6, 6.07) is 3.77. The fourth-order valence-corrected chi connectivity index (χ4v) is 2.04. The van der Waals surface area contributed by atoms with E-state index in [2.05, 4.69) is 38.8 Å². The lowest BCUT2D eigenvalue weighted by molar-refractivity contribution is 0.311. The molecule has 0 aromatic heterocycles. The van der Waals surface area contributed by atoms with E-state index in [1.807, 2.05) is 12.1 Å². The molecule has 1 rings (SSSR count). The van der Waals surface area contributed by atoms with Gasteiger partial charge < -0.3 is 9.47 Å². The van der Waals surface area contributed by atoms with Crippen LogP contribution in [-0.4, -0.2) is 19.1 Å². The highest BCUT2D eigenvalue weighted by molar-refractivity contribution is 9.11. The number of halogens is 3. The minimum Gasteiger partial charge on any atom is -0.492 e. The lowest BCUT2D eigenvalue weighted by Crippen LogP contribution is -2.00. The van der Waals surface area contributed by atoms with Crippen LogP contribution in [0.1, 0.15) is 13.3 Å². The van der Waals surface area contributed by atoms with E-state index in [1.54, 1.807) is 0 Å². The van der Waals surface area contributed by atoms with Crippen molar-refractivity contribution in [3.05, 3.63) is 21.1 Å². The Bertz CT molecular complexity index is 311. The molecular formula is C11H13Br2ClO2. The zero-order chi connectivity index (χ0) is 12.0. The van der Waals surface area contributed by atoms with Crippen molar-refractivity contribution >= 4 is 43.5 Å². The van der Waals surface area contributed by atoms with Gasteiger partial charge in [0, 0.05) is 0 Å². The van der Waals surface area contributed by atoms with E-state index in [4.69, 9.17) is 21.1 Å². The lowest BCUT2D eigenvalue weighted by Gasteiger charge is -2.11. The van der Waals surface area contributed by atoms with Crippen LogP contribution in [-0.2, 0) is 0 Å². The third-order valence-electron chi connectivity index (χ3n) is 1.78. The molecule has 0 fully saturated rings. The van der Waals surface area contributed by atoms with Crippen molar-refractivity contribution in [1.82, 2.24) is 0 Å². The van der Waals surface area contributed by atoms with Crippen molar-refractivity contribution in [2.75, 3.05) is 19.1 Å². The number of benzene rings is 1. The van der Waals surface area contributed by atoms with Gasteiger partial charge in [0.2, 0.25) is 0 Å². The molecule has 90 valence electrons. The summed E-state index contributed by atoms with van der Waals surface area (Å²) in [5.41, 5.74) is 0. The number of hydrogen-bond donors (Lipinski definition) is 0. The fourth-order valence-electron chi connectivity index (χ4n) is 1.09. The Morgan fingerprint density at radius 2 is 1.56 bits per heavy atom. The summed E-state index contributed by atoms with van der Waals surface area (Å²) in [6.07, 6.45) is 0.981. The first kappa shape index (κ1) is 14.1. The predicted octanol–water partition coefficient (Wildman–Crippen LogP) is 4.62. The van der Waals surface area contributed by atoms with Crippen LogP contribution in [0.15, 0.2) is 21.1 Å². The Morgan fingerprint density at radius 1 is 1.06 bits per heavy atom. The Kier molecular flexibility index (Phi) is 6.54. The van der Waals surface area contributed by atoms with E-state index in [1.165, 1.54) is 0 Å². The van der Waals surface area contributed by atoms with Gasteiger partial charge in [-0.2, -0.15) is 0 Å². The molecule has 0 radical (unpaired) electrons. The van der Waals surface area contributed by atoms with Crippen LogP contribution in [0.2, 0.25) is 0 Å². The summed E-state index contributed by atoms with van der Waals surface area (Å²) in [7, 11) is 0. The number of rotatable bonds is 6. The van der Waals surface area contributed by atoms with Gasteiger partial charge in [0.05, 0.1) is 21.4 Å². The van der Waals surface area contributed by atoms with Gasteiger partial charge in [-0.25, -0.2) is 0 Å². The van der Waals surface area contributed by atoms with Gasteiger partial charge in [-0.3, -0.25) is 0 Å². The molecule has 0 saturated carbocycles. The Labute approximate surface area is 118 Å². The Balaban J connectivity index is 2.79. The zero-order valence-corrected chi connectivity index (χ0v) is 12.9.